The summed E-state index contributed by atoms with van der Waals surface area (Å²) in [7, 11) is -1.16. The topological polar surface area (TPSA) is 56.8 Å². The van der Waals surface area contributed by atoms with Gasteiger partial charge in [0.15, 0.2) is 0 Å². The third-order valence-electron chi connectivity index (χ3n) is 4.86. The van der Waals surface area contributed by atoms with Gasteiger partial charge < -0.3 is 19.4 Å². The summed E-state index contributed by atoms with van der Waals surface area (Å²) >= 11 is 0. The summed E-state index contributed by atoms with van der Waals surface area (Å²) in [6, 6.07) is 1.41. The molecule has 1 aliphatic rings. The first-order valence-corrected chi connectivity index (χ1v) is 9.15. The van der Waals surface area contributed by atoms with Crippen LogP contribution in [0.4, 0.5) is 22.4 Å². The van der Waals surface area contributed by atoms with Gasteiger partial charge in [0.2, 0.25) is 0 Å². The van der Waals surface area contributed by atoms with E-state index in [4.69, 9.17) is 14.0 Å². The lowest BCUT2D eigenvalue weighted by Gasteiger charge is -2.32. The van der Waals surface area contributed by atoms with E-state index in [9.17, 15) is 22.4 Å². The lowest BCUT2D eigenvalue weighted by molar-refractivity contribution is -0.139. The molecule has 5 nitrogen and oxygen atoms in total. The fourth-order valence-electron chi connectivity index (χ4n) is 2.67. The highest BCUT2D eigenvalue weighted by molar-refractivity contribution is 6.62. The zero-order valence-electron chi connectivity index (χ0n) is 17.6. The second-order valence-corrected chi connectivity index (χ2v) is 8.97. The molecule has 2 rings (SSSR count). The molecule has 0 aromatic heterocycles. The van der Waals surface area contributed by atoms with Gasteiger partial charge in [-0.1, -0.05) is 0 Å². The van der Waals surface area contributed by atoms with Crippen LogP contribution in [-0.2, 0) is 26.8 Å². The first-order chi connectivity index (χ1) is 12.9. The van der Waals surface area contributed by atoms with Crippen molar-refractivity contribution in [3.8, 4) is 0 Å². The number of hydrogen-bond donors (Lipinski definition) is 1. The number of halogens is 4. The molecule has 1 aromatic carbocycles. The average molecular weight is 419 g/mol. The van der Waals surface area contributed by atoms with Crippen molar-refractivity contribution in [1.29, 1.82) is 0 Å². The summed E-state index contributed by atoms with van der Waals surface area (Å²) in [4.78, 5) is 11.9. The van der Waals surface area contributed by atoms with E-state index < -0.39 is 47.6 Å². The zero-order valence-corrected chi connectivity index (χ0v) is 17.6. The minimum absolute atomic E-state index is 0.00608. The molecule has 1 aromatic rings. The normalized spacial score (nSPS) is 18.7. The predicted molar refractivity (Wildman–Crippen MR) is 100 cm³/mol. The first-order valence-electron chi connectivity index (χ1n) is 9.15. The molecule has 1 N–H and O–H groups in total. The molecule has 0 bridgehead atoms. The van der Waals surface area contributed by atoms with Crippen molar-refractivity contribution in [3.63, 3.8) is 0 Å². The molecular formula is C19H26BF4NO4. The van der Waals surface area contributed by atoms with Crippen LogP contribution in [0.15, 0.2) is 12.1 Å². The molecule has 0 radical (unpaired) electrons. The minimum atomic E-state index is -4.89. The summed E-state index contributed by atoms with van der Waals surface area (Å²) in [6.45, 7) is 11.7. The van der Waals surface area contributed by atoms with Crippen LogP contribution in [0.3, 0.4) is 0 Å². The van der Waals surface area contributed by atoms with E-state index in [1.807, 2.05) is 0 Å². The molecule has 10 heteroatoms. The number of benzene rings is 1. The molecule has 0 spiro atoms. The van der Waals surface area contributed by atoms with Gasteiger partial charge in [-0.3, -0.25) is 0 Å². The van der Waals surface area contributed by atoms with Crippen molar-refractivity contribution < 1.29 is 36.4 Å². The maximum atomic E-state index is 14.2. The quantitative estimate of drug-likeness (QED) is 0.591. The van der Waals surface area contributed by atoms with Gasteiger partial charge >= 0.3 is 19.4 Å². The van der Waals surface area contributed by atoms with E-state index in [0.29, 0.717) is 6.07 Å². The number of carbonyl (C=O) groups is 1. The molecule has 0 saturated carbocycles. The van der Waals surface area contributed by atoms with E-state index in [2.05, 4.69) is 5.32 Å². The largest absolute Gasteiger partial charge is 0.495 e. The second-order valence-electron chi connectivity index (χ2n) is 8.97. The van der Waals surface area contributed by atoms with Crippen molar-refractivity contribution in [2.24, 2.45) is 0 Å². The number of rotatable bonds is 3. The molecule has 0 aliphatic carbocycles. The average Bonchev–Trinajstić information content (AvgIpc) is 2.70. The summed E-state index contributed by atoms with van der Waals surface area (Å²) in [5.41, 5.74) is -3.71. The van der Waals surface area contributed by atoms with Crippen molar-refractivity contribution in [2.75, 3.05) is 0 Å². The van der Waals surface area contributed by atoms with Crippen LogP contribution < -0.4 is 10.8 Å². The summed E-state index contributed by atoms with van der Waals surface area (Å²) < 4.78 is 70.7. The van der Waals surface area contributed by atoms with E-state index in [0.717, 1.165) is 6.07 Å². The highest BCUT2D eigenvalue weighted by Gasteiger charge is 2.52. The van der Waals surface area contributed by atoms with Crippen LogP contribution in [0.5, 0.6) is 0 Å². The van der Waals surface area contributed by atoms with Crippen molar-refractivity contribution in [3.05, 3.63) is 29.1 Å². The zero-order chi connectivity index (χ0) is 22.4. The molecule has 29 heavy (non-hydrogen) atoms. The maximum Gasteiger partial charge on any atom is 0.495 e. The molecule has 162 valence electrons. The Balaban J connectivity index is 2.40. The van der Waals surface area contributed by atoms with Crippen LogP contribution in [0, 0.1) is 5.82 Å². The van der Waals surface area contributed by atoms with Gasteiger partial charge in [-0.2, -0.15) is 13.2 Å². The predicted octanol–water partition coefficient (Wildman–Crippen LogP) is 4.17. The molecule has 1 amide bonds. The number of alkyl halides is 3. The third kappa shape index (κ3) is 5.42. The summed E-state index contributed by atoms with van der Waals surface area (Å²) in [5.74, 6) is -1.45. The Hall–Kier alpha value is -1.81. The Kier molecular flexibility index (Phi) is 6.04. The van der Waals surface area contributed by atoms with Gasteiger partial charge in [0.05, 0.1) is 16.8 Å². The SMILES string of the molecule is CC(C)(C)OC(=O)NCc1cc(F)c(C(F)(F)F)cc1B1OC(C)(C)C(C)(C)O1. The Bertz CT molecular complexity index is 772. The van der Waals surface area contributed by atoms with Gasteiger partial charge in [-0.25, -0.2) is 9.18 Å². The van der Waals surface area contributed by atoms with E-state index in [1.54, 1.807) is 48.5 Å². The number of amides is 1. The van der Waals surface area contributed by atoms with E-state index in [-0.39, 0.29) is 17.6 Å². The van der Waals surface area contributed by atoms with Gasteiger partial charge in [0, 0.05) is 6.54 Å². The van der Waals surface area contributed by atoms with Crippen LogP contribution in [0.2, 0.25) is 0 Å². The molecule has 1 aliphatic heterocycles. The van der Waals surface area contributed by atoms with Crippen LogP contribution >= 0.6 is 0 Å². The Morgan fingerprint density at radius 2 is 1.62 bits per heavy atom. The standard InChI is InChI=1S/C19H26BF4NO4/c1-16(2,3)27-15(26)25-10-11-8-14(21)12(19(22,23)24)9-13(11)20-28-17(4,5)18(6,7)29-20/h8-9H,10H2,1-7H3,(H,25,26). The fourth-order valence-corrected chi connectivity index (χ4v) is 2.67. The van der Waals surface area contributed by atoms with Crippen LogP contribution in [0.1, 0.15) is 59.6 Å². The monoisotopic (exact) mass is 419 g/mol. The van der Waals surface area contributed by atoms with E-state index in [1.165, 1.54) is 0 Å². The molecule has 0 unspecified atom stereocenters. The van der Waals surface area contributed by atoms with E-state index >= 15 is 0 Å². The maximum absolute atomic E-state index is 14.2. The van der Waals surface area contributed by atoms with Gasteiger partial charge in [-0.05, 0) is 71.6 Å². The molecule has 1 heterocycles. The first kappa shape index (κ1) is 23.5. The van der Waals surface area contributed by atoms with Crippen molar-refractivity contribution >= 4 is 18.7 Å². The number of ether oxygens (including phenoxy) is 1. The highest BCUT2D eigenvalue weighted by atomic mass is 19.4. The number of carbonyl (C=O) groups excluding carboxylic acids is 1. The molecule has 0 atom stereocenters. The Morgan fingerprint density at radius 1 is 1.10 bits per heavy atom. The summed E-state index contributed by atoms with van der Waals surface area (Å²) in [5, 5.41) is 2.43. The second kappa shape index (κ2) is 7.47. The molecule has 1 saturated heterocycles. The van der Waals surface area contributed by atoms with Crippen molar-refractivity contribution in [2.45, 2.75) is 78.0 Å². The molecular weight excluding hydrogens is 393 g/mol. The Labute approximate surface area is 168 Å². The van der Waals surface area contributed by atoms with Crippen LogP contribution in [0.25, 0.3) is 0 Å². The van der Waals surface area contributed by atoms with Gasteiger partial charge in [0.1, 0.15) is 11.4 Å². The highest BCUT2D eigenvalue weighted by Crippen LogP contribution is 2.38. The number of nitrogens with one attached hydrogen (secondary N) is 1. The minimum Gasteiger partial charge on any atom is -0.444 e. The lowest BCUT2D eigenvalue weighted by Crippen LogP contribution is -2.41. The number of alkyl carbamates (subject to hydrolysis) is 1. The Morgan fingerprint density at radius 3 is 2.07 bits per heavy atom. The van der Waals surface area contributed by atoms with Gasteiger partial charge in [0.25, 0.3) is 0 Å². The number of hydrogen-bond acceptors (Lipinski definition) is 4. The third-order valence-corrected chi connectivity index (χ3v) is 4.86. The fraction of sp³-hybridized carbons (Fsp3) is 0.632. The van der Waals surface area contributed by atoms with Crippen LogP contribution in [-0.4, -0.2) is 30.0 Å². The summed E-state index contributed by atoms with van der Waals surface area (Å²) in [6.07, 6.45) is -5.67. The van der Waals surface area contributed by atoms with Gasteiger partial charge in [-0.15, -0.1) is 0 Å². The van der Waals surface area contributed by atoms with Crippen molar-refractivity contribution in [1.82, 2.24) is 5.32 Å². The smallest absolute Gasteiger partial charge is 0.444 e. The lowest BCUT2D eigenvalue weighted by atomic mass is 9.75. The molecule has 1 fully saturated rings.